The summed E-state index contributed by atoms with van der Waals surface area (Å²) in [6.07, 6.45) is 0.115. The molecule has 1 amide bonds. The third kappa shape index (κ3) is 2.50. The zero-order chi connectivity index (χ0) is 16.0. The van der Waals surface area contributed by atoms with Gasteiger partial charge in [-0.15, -0.1) is 11.8 Å². The Morgan fingerprint density at radius 1 is 1.59 bits per heavy atom. The Hall–Kier alpha value is -0.570. The molecule has 0 spiro atoms. The summed E-state index contributed by atoms with van der Waals surface area (Å²) in [6, 6.07) is 0. The van der Waals surface area contributed by atoms with Gasteiger partial charge in [0.25, 0.3) is 0 Å². The standard InChI is InChI=1S/C14H19FN2O3S2/c1-7(18)9-12(19)17-10(14(20)21)11(22-13(9)17)8-2-4-16(6-8)5-3-15/h7-9,13,18H,2-6H2,1H3,(H,20,21)/t7-,8-,9+,13+/m0/s1. The predicted molar refractivity (Wildman–Crippen MR) is 84.9 cm³/mol. The molecule has 0 radical (unpaired) electrons. The number of rotatable bonds is 5. The van der Waals surface area contributed by atoms with Gasteiger partial charge in [-0.05, 0) is 19.9 Å². The number of alkyl halides is 1. The summed E-state index contributed by atoms with van der Waals surface area (Å²) in [6.45, 7) is 3.12. The van der Waals surface area contributed by atoms with Gasteiger partial charge in [-0.25, -0.2) is 4.39 Å². The van der Waals surface area contributed by atoms with E-state index in [4.69, 9.17) is 0 Å². The maximum atomic E-state index is 12.5. The van der Waals surface area contributed by atoms with Crippen molar-refractivity contribution in [2.24, 2.45) is 11.8 Å². The fraction of sp³-hybridized carbons (Fsp3) is 0.714. The number of hydrogen-bond donors (Lipinski definition) is 2. The van der Waals surface area contributed by atoms with Gasteiger partial charge in [0, 0.05) is 23.9 Å². The van der Waals surface area contributed by atoms with Crippen molar-refractivity contribution in [2.45, 2.75) is 24.8 Å². The van der Waals surface area contributed by atoms with Crippen LogP contribution in [0.25, 0.3) is 0 Å². The molecule has 3 aliphatic heterocycles. The maximum absolute atomic E-state index is 12.5. The normalized spacial score (nSPS) is 33.2. The molecule has 0 aromatic heterocycles. The van der Waals surface area contributed by atoms with E-state index in [1.54, 1.807) is 6.92 Å². The summed E-state index contributed by atoms with van der Waals surface area (Å²) in [7, 11) is 0. The highest BCUT2D eigenvalue weighted by molar-refractivity contribution is 8.04. The highest BCUT2D eigenvalue weighted by Gasteiger charge is 2.57. The van der Waals surface area contributed by atoms with Gasteiger partial charge in [0.1, 0.15) is 17.7 Å². The maximum Gasteiger partial charge on any atom is 0.236 e. The number of amides is 1. The van der Waals surface area contributed by atoms with Gasteiger partial charge in [0.2, 0.25) is 11.0 Å². The molecule has 0 aromatic rings. The monoisotopic (exact) mass is 346 g/mol. The predicted octanol–water partition coefficient (Wildman–Crippen LogP) is 0.858. The van der Waals surface area contributed by atoms with Crippen LogP contribution in [0.15, 0.2) is 10.6 Å². The van der Waals surface area contributed by atoms with Crippen LogP contribution in [0.3, 0.4) is 0 Å². The summed E-state index contributed by atoms with van der Waals surface area (Å²) in [5, 5.41) is 9.13. The van der Waals surface area contributed by atoms with Crippen molar-refractivity contribution < 1.29 is 19.1 Å². The number of aliphatic hydroxyl groups excluding tert-OH is 1. The number of hydrogen-bond acceptors (Lipinski definition) is 5. The van der Waals surface area contributed by atoms with Crippen molar-refractivity contribution in [3.05, 3.63) is 10.6 Å². The molecule has 8 heteroatoms. The van der Waals surface area contributed by atoms with E-state index < -0.39 is 17.1 Å². The topological polar surface area (TPSA) is 60.9 Å². The van der Waals surface area contributed by atoms with Crippen LogP contribution in [0.4, 0.5) is 4.39 Å². The Morgan fingerprint density at radius 2 is 2.32 bits per heavy atom. The third-order valence-corrected chi connectivity index (χ3v) is 6.31. The fourth-order valence-electron chi connectivity index (χ4n) is 3.47. The smallest absolute Gasteiger partial charge is 0.236 e. The lowest BCUT2D eigenvalue weighted by atomic mass is 9.92. The van der Waals surface area contributed by atoms with Crippen molar-refractivity contribution >= 4 is 35.4 Å². The second kappa shape index (κ2) is 6.14. The van der Waals surface area contributed by atoms with E-state index >= 15 is 0 Å². The summed E-state index contributed by atoms with van der Waals surface area (Å²) < 4.78 is 12.5. The number of likely N-dealkylation sites (tertiary alicyclic amines) is 1. The van der Waals surface area contributed by atoms with Crippen molar-refractivity contribution in [3.63, 3.8) is 0 Å². The van der Waals surface area contributed by atoms with Gasteiger partial charge in [0.15, 0.2) is 0 Å². The van der Waals surface area contributed by atoms with Crippen LogP contribution in [0.5, 0.6) is 0 Å². The summed E-state index contributed by atoms with van der Waals surface area (Å²) >= 11 is 5.41. The first-order chi connectivity index (χ1) is 10.5. The van der Waals surface area contributed by atoms with Crippen molar-refractivity contribution in [1.29, 1.82) is 0 Å². The number of nitrogens with zero attached hydrogens (tertiary/aromatic N) is 2. The molecule has 5 nitrogen and oxygen atoms in total. The number of thiol groups is 1. The molecule has 3 heterocycles. The summed E-state index contributed by atoms with van der Waals surface area (Å²) in [5.74, 6) is -0.539. The quantitative estimate of drug-likeness (QED) is 0.571. The second-order valence-electron chi connectivity index (χ2n) is 5.98. The summed E-state index contributed by atoms with van der Waals surface area (Å²) in [4.78, 5) is 28.5. The first-order valence-electron chi connectivity index (χ1n) is 7.39. The Labute approximate surface area is 138 Å². The van der Waals surface area contributed by atoms with E-state index in [2.05, 4.69) is 12.6 Å². The first-order valence-corrected chi connectivity index (χ1v) is 8.72. The minimum absolute atomic E-state index is 0.135. The van der Waals surface area contributed by atoms with E-state index in [0.29, 0.717) is 18.8 Å². The molecule has 0 unspecified atom stereocenters. The Balaban J connectivity index is 1.82. The number of fused-ring (bicyclic) bond motifs is 1. The van der Waals surface area contributed by atoms with Crippen LogP contribution in [0, 0.1) is 11.8 Å². The molecule has 0 saturated carbocycles. The molecule has 0 aliphatic carbocycles. The number of carbonyl (C=O) groups is 2. The van der Waals surface area contributed by atoms with Gasteiger partial charge in [-0.2, -0.15) is 0 Å². The molecule has 22 heavy (non-hydrogen) atoms. The van der Waals surface area contributed by atoms with E-state index in [0.717, 1.165) is 17.9 Å². The van der Waals surface area contributed by atoms with Crippen LogP contribution in [-0.4, -0.2) is 63.7 Å². The van der Waals surface area contributed by atoms with Gasteiger partial charge in [-0.1, -0.05) is 12.6 Å². The van der Waals surface area contributed by atoms with Gasteiger partial charge >= 0.3 is 0 Å². The van der Waals surface area contributed by atoms with Gasteiger partial charge in [-0.3, -0.25) is 14.5 Å². The Morgan fingerprint density at radius 3 is 2.91 bits per heavy atom. The zero-order valence-electron chi connectivity index (χ0n) is 12.2. The second-order valence-corrected chi connectivity index (χ2v) is 7.54. The molecule has 1 N–H and O–H groups in total. The lowest BCUT2D eigenvalue weighted by molar-refractivity contribution is -0.153. The van der Waals surface area contributed by atoms with Crippen LogP contribution in [0.2, 0.25) is 0 Å². The molecule has 4 atom stereocenters. The van der Waals surface area contributed by atoms with Crippen LogP contribution in [-0.2, 0) is 9.59 Å². The number of aliphatic hydroxyl groups is 1. The molecule has 0 bridgehead atoms. The molecule has 2 saturated heterocycles. The lowest BCUT2D eigenvalue weighted by Crippen LogP contribution is -2.60. The van der Waals surface area contributed by atoms with Crippen molar-refractivity contribution in [2.75, 3.05) is 26.3 Å². The largest absolute Gasteiger partial charge is 0.392 e. The first kappa shape index (κ1) is 16.3. The SMILES string of the molecule is C[C@H](O)[C@@H]1C(=O)N2C(C(=O)S)=C([C@H]3CCN(CCF)C3)S[C@H]12. The molecule has 2 fully saturated rings. The summed E-state index contributed by atoms with van der Waals surface area (Å²) in [5.41, 5.74) is 0.368. The minimum atomic E-state index is -0.733. The molecule has 122 valence electrons. The Kier molecular flexibility index (Phi) is 4.55. The zero-order valence-corrected chi connectivity index (χ0v) is 13.9. The number of halogens is 1. The number of β-lactam (4-membered cyclic amide) rings is 1. The molecule has 0 aromatic carbocycles. The highest BCUT2D eigenvalue weighted by atomic mass is 32.2. The van der Waals surface area contributed by atoms with E-state index in [-0.39, 0.29) is 23.9 Å². The fourth-order valence-corrected chi connectivity index (χ4v) is 5.52. The lowest BCUT2D eigenvalue weighted by Gasteiger charge is -2.43. The molecule has 3 rings (SSSR count). The van der Waals surface area contributed by atoms with E-state index in [9.17, 15) is 19.1 Å². The van der Waals surface area contributed by atoms with Crippen LogP contribution >= 0.6 is 24.4 Å². The van der Waals surface area contributed by atoms with Crippen molar-refractivity contribution in [3.8, 4) is 0 Å². The van der Waals surface area contributed by atoms with Crippen LogP contribution in [0.1, 0.15) is 13.3 Å². The molecule has 3 aliphatic rings. The number of carbonyl (C=O) groups excluding carboxylic acids is 2. The molecular formula is C14H19FN2O3S2. The van der Waals surface area contributed by atoms with E-state index in [1.165, 1.54) is 16.7 Å². The van der Waals surface area contributed by atoms with Gasteiger partial charge < -0.3 is 10.0 Å². The highest BCUT2D eigenvalue weighted by Crippen LogP contribution is 2.53. The molecular weight excluding hydrogens is 327 g/mol. The van der Waals surface area contributed by atoms with Gasteiger partial charge in [0.05, 0.1) is 12.0 Å². The van der Waals surface area contributed by atoms with Crippen LogP contribution < -0.4 is 0 Å². The number of thioether (sulfide) groups is 1. The third-order valence-electron chi connectivity index (χ3n) is 4.57. The van der Waals surface area contributed by atoms with Crippen molar-refractivity contribution in [1.82, 2.24) is 9.80 Å². The van der Waals surface area contributed by atoms with E-state index in [1.807, 2.05) is 4.90 Å². The average molecular weight is 346 g/mol. The minimum Gasteiger partial charge on any atom is -0.392 e. The average Bonchev–Trinajstić information content (AvgIpc) is 3.00. The Bertz CT molecular complexity index is 540.